The van der Waals surface area contributed by atoms with Crippen LogP contribution >= 0.6 is 0 Å². The SMILES string of the molecule is CN(C)C(=O)/C=C/CC[C@H](OC(=O)N(C)C)C(=O)Cc1cccn(Cc2cc3cc(F)cc(OCc4ccc(F)cc4F)c3[nH]2)c1=O. The predicted molar refractivity (Wildman–Crippen MR) is 168 cm³/mol. The number of rotatable bonds is 13. The average Bonchev–Trinajstić information content (AvgIpc) is 3.41. The number of nitrogens with one attached hydrogen (secondary N) is 1. The number of pyridine rings is 1. The van der Waals surface area contributed by atoms with E-state index in [1.807, 2.05) is 0 Å². The number of nitrogens with zero attached hydrogens (tertiary/aromatic N) is 3. The molecule has 0 unspecified atom stereocenters. The number of aromatic nitrogens is 2. The zero-order valence-corrected chi connectivity index (χ0v) is 26.4. The molecule has 0 spiro atoms. The maximum Gasteiger partial charge on any atom is 0.409 e. The van der Waals surface area contributed by atoms with Crippen LogP contribution in [0.3, 0.4) is 0 Å². The fraction of sp³-hybridized carbons (Fsp3) is 0.294. The van der Waals surface area contributed by atoms with Gasteiger partial charge in [0.25, 0.3) is 5.56 Å². The lowest BCUT2D eigenvalue weighted by atomic mass is 10.0. The normalized spacial score (nSPS) is 11.9. The third kappa shape index (κ3) is 9.12. The predicted octanol–water partition coefficient (Wildman–Crippen LogP) is 4.98. The molecule has 4 rings (SSSR count). The number of allylic oxidation sites excluding steroid dienone is 1. The Kier molecular flexibility index (Phi) is 11.2. The molecule has 0 aliphatic rings. The van der Waals surface area contributed by atoms with Crippen LogP contribution in [-0.2, 0) is 33.9 Å². The molecular formula is C34H35F3N4O6. The van der Waals surface area contributed by atoms with Crippen LogP contribution in [0.15, 0.2) is 71.7 Å². The fourth-order valence-electron chi connectivity index (χ4n) is 4.65. The van der Waals surface area contributed by atoms with Gasteiger partial charge in [0.05, 0.1) is 12.1 Å². The van der Waals surface area contributed by atoms with Crippen molar-refractivity contribution in [2.45, 2.75) is 38.5 Å². The first-order valence-electron chi connectivity index (χ1n) is 14.7. The molecule has 1 N–H and O–H groups in total. The van der Waals surface area contributed by atoms with Crippen LogP contribution < -0.4 is 10.3 Å². The molecule has 2 aromatic carbocycles. The molecular weight excluding hydrogens is 617 g/mol. The number of ether oxygens (including phenoxy) is 2. The minimum absolute atomic E-state index is 0.0347. The Morgan fingerprint density at radius 2 is 1.72 bits per heavy atom. The van der Waals surface area contributed by atoms with E-state index < -0.39 is 41.0 Å². The fourth-order valence-corrected chi connectivity index (χ4v) is 4.65. The largest absolute Gasteiger partial charge is 0.486 e. The summed E-state index contributed by atoms with van der Waals surface area (Å²) in [7, 11) is 6.17. The van der Waals surface area contributed by atoms with Crippen LogP contribution in [0.4, 0.5) is 18.0 Å². The highest BCUT2D eigenvalue weighted by molar-refractivity contribution is 5.88. The lowest BCUT2D eigenvalue weighted by Crippen LogP contribution is -2.35. The molecule has 2 heterocycles. The van der Waals surface area contributed by atoms with Crippen molar-refractivity contribution in [3.05, 3.63) is 112 Å². The maximum absolute atomic E-state index is 14.4. The highest BCUT2D eigenvalue weighted by atomic mass is 19.1. The standard InChI is InChI=1S/C34H35F3N4O6/c1-39(2)31(43)10-6-5-9-29(47-34(45)40(3)4)28(42)16-21-8-7-13-41(33(21)44)19-26-15-23-14-25(36)18-30(32(23)38-26)46-20-22-11-12-24(35)17-27(22)37/h6-8,10-15,17-18,29,38H,5,9,16,19-20H2,1-4H3/b10-6+/t29-/m0/s1. The van der Waals surface area contributed by atoms with Crippen LogP contribution in [0, 0.1) is 17.5 Å². The number of aromatic amines is 1. The highest BCUT2D eigenvalue weighted by Gasteiger charge is 2.24. The van der Waals surface area contributed by atoms with Crippen LogP contribution in [0.2, 0.25) is 0 Å². The number of hydrogen-bond acceptors (Lipinski definition) is 6. The highest BCUT2D eigenvalue weighted by Crippen LogP contribution is 2.29. The summed E-state index contributed by atoms with van der Waals surface area (Å²) >= 11 is 0. The molecule has 0 aliphatic carbocycles. The third-order valence-corrected chi connectivity index (χ3v) is 7.18. The summed E-state index contributed by atoms with van der Waals surface area (Å²) in [4.78, 5) is 56.4. The first kappa shape index (κ1) is 34.5. The number of ketones is 1. The molecule has 0 radical (unpaired) electrons. The Morgan fingerprint density at radius 3 is 2.43 bits per heavy atom. The second-order valence-corrected chi connectivity index (χ2v) is 11.3. The maximum atomic E-state index is 14.4. The molecule has 0 saturated heterocycles. The number of likely N-dealkylation sites (N-methyl/N-ethyl adjacent to an activating group) is 1. The Morgan fingerprint density at radius 1 is 0.957 bits per heavy atom. The minimum atomic E-state index is -1.15. The second kappa shape index (κ2) is 15.3. The number of hydrogen-bond donors (Lipinski definition) is 1. The number of benzene rings is 2. The molecule has 47 heavy (non-hydrogen) atoms. The van der Waals surface area contributed by atoms with Crippen LogP contribution in [0.1, 0.15) is 29.7 Å². The molecule has 0 fully saturated rings. The van der Waals surface area contributed by atoms with Gasteiger partial charge in [-0.1, -0.05) is 12.1 Å². The minimum Gasteiger partial charge on any atom is -0.486 e. The number of halogens is 3. The number of Topliss-reactive ketones (excluding diaryl/α,β-unsaturated/α-hetero) is 1. The van der Waals surface area contributed by atoms with Gasteiger partial charge >= 0.3 is 6.09 Å². The van der Waals surface area contributed by atoms with Crippen molar-refractivity contribution in [1.82, 2.24) is 19.4 Å². The van der Waals surface area contributed by atoms with E-state index >= 15 is 0 Å². The van der Waals surface area contributed by atoms with Crippen molar-refractivity contribution >= 4 is 28.7 Å². The lowest BCUT2D eigenvalue weighted by Gasteiger charge is -2.19. The summed E-state index contributed by atoms with van der Waals surface area (Å²) in [6.45, 7) is -0.239. The van der Waals surface area contributed by atoms with Gasteiger partial charge in [0.1, 0.15) is 29.8 Å². The van der Waals surface area contributed by atoms with Crippen LogP contribution in [0.25, 0.3) is 10.9 Å². The van der Waals surface area contributed by atoms with Gasteiger partial charge in [-0.25, -0.2) is 18.0 Å². The number of H-pyrrole nitrogens is 1. The summed E-state index contributed by atoms with van der Waals surface area (Å²) in [6, 6.07) is 10.2. The van der Waals surface area contributed by atoms with E-state index in [1.54, 1.807) is 32.3 Å². The van der Waals surface area contributed by atoms with Crippen molar-refractivity contribution in [1.29, 1.82) is 0 Å². The molecule has 0 saturated carbocycles. The van der Waals surface area contributed by atoms with Crippen LogP contribution in [0.5, 0.6) is 5.75 Å². The van der Waals surface area contributed by atoms with Crippen molar-refractivity contribution in [3.63, 3.8) is 0 Å². The van der Waals surface area contributed by atoms with Gasteiger partial charge in [0, 0.05) is 75.1 Å². The molecule has 2 aromatic heterocycles. The molecule has 248 valence electrons. The van der Waals surface area contributed by atoms with Gasteiger partial charge in [0.2, 0.25) is 5.91 Å². The first-order valence-corrected chi connectivity index (χ1v) is 14.7. The molecule has 0 bridgehead atoms. The van der Waals surface area contributed by atoms with Gasteiger partial charge in [0.15, 0.2) is 11.9 Å². The summed E-state index contributed by atoms with van der Waals surface area (Å²) < 4.78 is 54.2. The molecule has 1 atom stereocenters. The van der Waals surface area contributed by atoms with E-state index in [0.29, 0.717) is 16.6 Å². The molecule has 0 aliphatic heterocycles. The number of amides is 2. The first-order chi connectivity index (χ1) is 22.3. The monoisotopic (exact) mass is 652 g/mol. The van der Waals surface area contributed by atoms with Crippen molar-refractivity contribution < 1.29 is 37.0 Å². The Balaban J connectivity index is 1.50. The van der Waals surface area contributed by atoms with E-state index in [1.165, 1.54) is 58.9 Å². The summed E-state index contributed by atoms with van der Waals surface area (Å²) in [5.41, 5.74) is 0.737. The van der Waals surface area contributed by atoms with Gasteiger partial charge in [-0.15, -0.1) is 0 Å². The number of carbonyl (C=O) groups is 3. The quantitative estimate of drug-likeness (QED) is 0.204. The zero-order chi connectivity index (χ0) is 34.2. The van der Waals surface area contributed by atoms with E-state index in [0.717, 1.165) is 18.2 Å². The van der Waals surface area contributed by atoms with E-state index in [2.05, 4.69) is 4.98 Å². The summed E-state index contributed by atoms with van der Waals surface area (Å²) in [5.74, 6) is -2.74. The average molecular weight is 653 g/mol. The van der Waals surface area contributed by atoms with Crippen molar-refractivity contribution in [2.24, 2.45) is 0 Å². The van der Waals surface area contributed by atoms with E-state index in [4.69, 9.17) is 9.47 Å². The van der Waals surface area contributed by atoms with Gasteiger partial charge in [-0.05, 0) is 49.2 Å². The number of carbonyl (C=O) groups excluding carboxylic acids is 3. The zero-order valence-electron chi connectivity index (χ0n) is 26.4. The van der Waals surface area contributed by atoms with Gasteiger partial charge in [-0.3, -0.25) is 14.4 Å². The smallest absolute Gasteiger partial charge is 0.409 e. The molecule has 13 heteroatoms. The van der Waals surface area contributed by atoms with Crippen molar-refractivity contribution in [2.75, 3.05) is 28.2 Å². The van der Waals surface area contributed by atoms with Crippen LogP contribution in [-0.4, -0.2) is 71.4 Å². The summed E-state index contributed by atoms with van der Waals surface area (Å²) in [6.07, 6.45) is 2.71. The molecule has 4 aromatic rings. The second-order valence-electron chi connectivity index (χ2n) is 11.3. The van der Waals surface area contributed by atoms with E-state index in [9.17, 15) is 32.3 Å². The molecule has 2 amide bonds. The van der Waals surface area contributed by atoms with Gasteiger partial charge < -0.3 is 28.8 Å². The number of fused-ring (bicyclic) bond motifs is 1. The Bertz CT molecular complexity index is 1860. The molecule has 10 nitrogen and oxygen atoms in total. The Hall–Kier alpha value is -5.33. The lowest BCUT2D eigenvalue weighted by molar-refractivity contribution is -0.127. The summed E-state index contributed by atoms with van der Waals surface area (Å²) in [5, 5.41) is 0.445. The topological polar surface area (TPSA) is 114 Å². The van der Waals surface area contributed by atoms with Crippen molar-refractivity contribution in [3.8, 4) is 5.75 Å². The Labute approximate surface area is 269 Å². The van der Waals surface area contributed by atoms with E-state index in [-0.39, 0.29) is 55.2 Å². The van der Waals surface area contributed by atoms with Gasteiger partial charge in [-0.2, -0.15) is 0 Å². The third-order valence-electron chi connectivity index (χ3n) is 7.18.